The molecule has 0 aliphatic heterocycles. The second-order valence-electron chi connectivity index (χ2n) is 6.15. The zero-order valence-electron chi connectivity index (χ0n) is 15.3. The van der Waals surface area contributed by atoms with E-state index in [1.54, 1.807) is 18.1 Å². The Balaban J connectivity index is 1.76. The maximum absolute atomic E-state index is 13.4. The Morgan fingerprint density at radius 3 is 2.63 bits per heavy atom. The molecule has 0 bridgehead atoms. The summed E-state index contributed by atoms with van der Waals surface area (Å²) in [5.74, 6) is 0.710. The summed E-state index contributed by atoms with van der Waals surface area (Å²) in [6.45, 7) is 2.82. The lowest BCUT2D eigenvalue weighted by Gasteiger charge is -2.21. The Hall–Kier alpha value is -3.15. The Labute approximate surface area is 157 Å². The van der Waals surface area contributed by atoms with Crippen LogP contribution in [0.1, 0.15) is 29.4 Å². The quantitative estimate of drug-likeness (QED) is 0.614. The largest absolute Gasteiger partial charge is 0.497 e. The number of hydrogen-bond donors (Lipinski definition) is 0. The lowest BCUT2D eigenvalue weighted by Crippen LogP contribution is -2.31. The van der Waals surface area contributed by atoms with E-state index in [0.29, 0.717) is 30.1 Å². The van der Waals surface area contributed by atoms with Crippen molar-refractivity contribution < 1.29 is 18.4 Å². The van der Waals surface area contributed by atoms with Crippen LogP contribution in [0.4, 0.5) is 4.39 Å². The molecule has 0 aliphatic carbocycles. The molecule has 1 heterocycles. The van der Waals surface area contributed by atoms with Crippen molar-refractivity contribution in [3.63, 3.8) is 0 Å². The molecule has 0 fully saturated rings. The molecule has 27 heavy (non-hydrogen) atoms. The number of halogens is 1. The molecule has 0 saturated heterocycles. The van der Waals surface area contributed by atoms with E-state index in [0.717, 1.165) is 17.7 Å². The van der Waals surface area contributed by atoms with Gasteiger partial charge in [-0.3, -0.25) is 4.79 Å². The van der Waals surface area contributed by atoms with Crippen LogP contribution in [-0.2, 0) is 6.54 Å². The fourth-order valence-corrected chi connectivity index (χ4v) is 2.80. The van der Waals surface area contributed by atoms with Crippen molar-refractivity contribution in [3.8, 4) is 17.1 Å². The summed E-state index contributed by atoms with van der Waals surface area (Å²) >= 11 is 0. The highest BCUT2D eigenvalue weighted by molar-refractivity contribution is 5.94. The zero-order valence-corrected chi connectivity index (χ0v) is 15.3. The average Bonchev–Trinajstić information content (AvgIpc) is 3.16. The Kier molecular flexibility index (Phi) is 5.86. The molecule has 0 N–H and O–H groups in total. The van der Waals surface area contributed by atoms with Gasteiger partial charge in [0.25, 0.3) is 5.91 Å². The lowest BCUT2D eigenvalue weighted by atomic mass is 10.1. The summed E-state index contributed by atoms with van der Waals surface area (Å²) in [5.41, 5.74) is 1.83. The molecule has 3 rings (SSSR count). The summed E-state index contributed by atoms with van der Waals surface area (Å²) in [6, 6.07) is 15.0. The summed E-state index contributed by atoms with van der Waals surface area (Å²) in [7, 11) is 1.61. The highest BCUT2D eigenvalue weighted by Crippen LogP contribution is 2.24. The van der Waals surface area contributed by atoms with Crippen LogP contribution >= 0.6 is 0 Å². The Morgan fingerprint density at radius 2 is 1.96 bits per heavy atom. The first kappa shape index (κ1) is 18.6. The maximum Gasteiger partial charge on any atom is 0.254 e. The summed E-state index contributed by atoms with van der Waals surface area (Å²) in [6.07, 6.45) is 0.782. The highest BCUT2D eigenvalue weighted by Gasteiger charge is 2.18. The molecule has 0 saturated carbocycles. The van der Waals surface area contributed by atoms with Crippen molar-refractivity contribution in [1.82, 2.24) is 10.1 Å². The molecule has 5 nitrogen and oxygen atoms in total. The van der Waals surface area contributed by atoms with Gasteiger partial charge in [-0.05, 0) is 48.9 Å². The van der Waals surface area contributed by atoms with E-state index in [4.69, 9.17) is 9.26 Å². The normalized spacial score (nSPS) is 10.6. The third-order valence-electron chi connectivity index (χ3n) is 4.14. The first-order chi connectivity index (χ1) is 13.1. The van der Waals surface area contributed by atoms with Crippen LogP contribution in [0.25, 0.3) is 11.3 Å². The summed E-state index contributed by atoms with van der Waals surface area (Å²) in [4.78, 5) is 14.4. The van der Waals surface area contributed by atoms with E-state index in [-0.39, 0.29) is 5.91 Å². The SMILES string of the molecule is CCCN(Cc1cc(-c2ccc(OC)cc2)on1)C(=O)c1cccc(F)c1. The molecule has 6 heteroatoms. The van der Waals surface area contributed by atoms with Gasteiger partial charge in [0.2, 0.25) is 0 Å². The van der Waals surface area contributed by atoms with Gasteiger partial charge in [0.05, 0.1) is 13.7 Å². The summed E-state index contributed by atoms with van der Waals surface area (Å²) in [5, 5.41) is 4.08. The first-order valence-corrected chi connectivity index (χ1v) is 8.75. The van der Waals surface area contributed by atoms with Crippen LogP contribution in [-0.4, -0.2) is 29.6 Å². The second kappa shape index (κ2) is 8.49. The van der Waals surface area contributed by atoms with Crippen molar-refractivity contribution in [1.29, 1.82) is 0 Å². The molecule has 0 unspecified atom stereocenters. The van der Waals surface area contributed by atoms with Crippen molar-refractivity contribution in [3.05, 3.63) is 71.7 Å². The minimum atomic E-state index is -0.430. The molecule has 1 aromatic heterocycles. The molecule has 0 atom stereocenters. The highest BCUT2D eigenvalue weighted by atomic mass is 19.1. The number of hydrogen-bond acceptors (Lipinski definition) is 4. The standard InChI is InChI=1S/C21H21FN2O3/c1-3-11-24(21(25)16-5-4-6-17(22)12-16)14-18-13-20(27-23-18)15-7-9-19(26-2)10-8-15/h4-10,12-13H,3,11,14H2,1-2H3. The van der Waals surface area contributed by atoms with Gasteiger partial charge in [-0.2, -0.15) is 0 Å². The molecule has 3 aromatic rings. The van der Waals surface area contributed by atoms with Crippen molar-refractivity contribution >= 4 is 5.91 Å². The van der Waals surface area contributed by atoms with Crippen LogP contribution in [0.15, 0.2) is 59.1 Å². The van der Waals surface area contributed by atoms with Crippen molar-refractivity contribution in [2.75, 3.05) is 13.7 Å². The number of carbonyl (C=O) groups excluding carboxylic acids is 1. The van der Waals surface area contributed by atoms with Crippen molar-refractivity contribution in [2.45, 2.75) is 19.9 Å². The number of carbonyl (C=O) groups is 1. The predicted molar refractivity (Wildman–Crippen MR) is 99.9 cm³/mol. The molecule has 0 spiro atoms. The van der Waals surface area contributed by atoms with Crippen LogP contribution in [0.5, 0.6) is 5.75 Å². The van der Waals surface area contributed by atoms with Gasteiger partial charge in [0, 0.05) is 23.7 Å². The van der Waals surface area contributed by atoms with Crippen LogP contribution < -0.4 is 4.74 Å². The van der Waals surface area contributed by atoms with E-state index in [9.17, 15) is 9.18 Å². The topological polar surface area (TPSA) is 55.6 Å². The van der Waals surface area contributed by atoms with Gasteiger partial charge >= 0.3 is 0 Å². The lowest BCUT2D eigenvalue weighted by molar-refractivity contribution is 0.0739. The molecule has 0 aliphatic rings. The zero-order chi connectivity index (χ0) is 19.2. The average molecular weight is 368 g/mol. The van der Waals surface area contributed by atoms with Crippen LogP contribution in [0, 0.1) is 5.82 Å². The number of amides is 1. The van der Waals surface area contributed by atoms with Crippen molar-refractivity contribution in [2.24, 2.45) is 0 Å². The van der Waals surface area contributed by atoms with E-state index >= 15 is 0 Å². The van der Waals surface area contributed by atoms with E-state index in [2.05, 4.69) is 5.16 Å². The number of nitrogens with zero attached hydrogens (tertiary/aromatic N) is 2. The minimum absolute atomic E-state index is 0.231. The third-order valence-corrected chi connectivity index (χ3v) is 4.14. The number of rotatable bonds is 7. The molecule has 1 amide bonds. The Bertz CT molecular complexity index is 906. The smallest absolute Gasteiger partial charge is 0.254 e. The number of ether oxygens (including phenoxy) is 1. The monoisotopic (exact) mass is 368 g/mol. The predicted octanol–water partition coefficient (Wildman–Crippen LogP) is 4.54. The van der Waals surface area contributed by atoms with E-state index < -0.39 is 5.82 Å². The fourth-order valence-electron chi connectivity index (χ4n) is 2.80. The fraction of sp³-hybridized carbons (Fsp3) is 0.238. The number of benzene rings is 2. The van der Waals surface area contributed by atoms with Gasteiger partial charge < -0.3 is 14.2 Å². The molecule has 140 valence electrons. The minimum Gasteiger partial charge on any atom is -0.497 e. The summed E-state index contributed by atoms with van der Waals surface area (Å²) < 4.78 is 24.0. The molecule has 2 aromatic carbocycles. The third kappa shape index (κ3) is 4.53. The van der Waals surface area contributed by atoms with E-state index in [1.165, 1.54) is 18.2 Å². The van der Waals surface area contributed by atoms with E-state index in [1.807, 2.05) is 37.3 Å². The van der Waals surface area contributed by atoms with Gasteiger partial charge in [-0.1, -0.05) is 18.1 Å². The molecular weight excluding hydrogens is 347 g/mol. The van der Waals surface area contributed by atoms with Gasteiger partial charge in [-0.15, -0.1) is 0 Å². The van der Waals surface area contributed by atoms with Crippen LogP contribution in [0.2, 0.25) is 0 Å². The van der Waals surface area contributed by atoms with Gasteiger partial charge in [0.1, 0.15) is 17.3 Å². The first-order valence-electron chi connectivity index (χ1n) is 8.75. The number of methoxy groups -OCH3 is 1. The maximum atomic E-state index is 13.4. The number of aromatic nitrogens is 1. The van der Waals surface area contributed by atoms with Crippen LogP contribution in [0.3, 0.4) is 0 Å². The second-order valence-corrected chi connectivity index (χ2v) is 6.15. The molecule has 0 radical (unpaired) electrons. The molecular formula is C21H21FN2O3. The van der Waals surface area contributed by atoms with Gasteiger partial charge in [-0.25, -0.2) is 4.39 Å². The van der Waals surface area contributed by atoms with Gasteiger partial charge in [0.15, 0.2) is 5.76 Å². The Morgan fingerprint density at radius 1 is 1.19 bits per heavy atom.